The molecule has 0 aromatic rings. The van der Waals surface area contributed by atoms with Crippen LogP contribution in [0.5, 0.6) is 0 Å². The minimum atomic E-state index is 0. The van der Waals surface area contributed by atoms with Crippen molar-refractivity contribution in [1.82, 2.24) is 0 Å². The number of aliphatic imine (C=N–C) groups is 4. The molecule has 4 nitrogen and oxygen atoms in total. The summed E-state index contributed by atoms with van der Waals surface area (Å²) in [5.74, 6) is 0. The average molecular weight is 392 g/mol. The normalized spacial score (nSPS) is 14.2. The first-order valence-corrected chi connectivity index (χ1v) is 8.59. The molecule has 0 unspecified atom stereocenters. The second-order valence-corrected chi connectivity index (χ2v) is 9.80. The summed E-state index contributed by atoms with van der Waals surface area (Å²) in [5.41, 5.74) is 0.0155. The maximum absolute atomic E-state index is 4.29. The monoisotopic (exact) mass is 392 g/mol. The molecule has 0 aliphatic rings. The van der Waals surface area contributed by atoms with Gasteiger partial charge in [-0.15, -0.1) is 0 Å². The van der Waals surface area contributed by atoms with Gasteiger partial charge >= 0.3 is 0 Å². The Balaban J connectivity index is -0.000000372. The van der Waals surface area contributed by atoms with Crippen LogP contribution < -0.4 is 0 Å². The average Bonchev–Trinajstić information content (AvgIpc) is 2.27. The van der Waals surface area contributed by atoms with Crippen molar-refractivity contribution in [3.05, 3.63) is 0 Å². The van der Waals surface area contributed by atoms with E-state index >= 15 is 0 Å². The maximum Gasteiger partial charge on any atom is 0.0524 e. The Labute approximate surface area is 167 Å². The van der Waals surface area contributed by atoms with Crippen LogP contribution in [0.1, 0.15) is 83.1 Å². The number of nitrogens with zero attached hydrogens (tertiary/aromatic N) is 4. The summed E-state index contributed by atoms with van der Waals surface area (Å²) in [4.78, 5) is 17.1. The van der Waals surface area contributed by atoms with Crippen molar-refractivity contribution in [1.29, 1.82) is 0 Å². The van der Waals surface area contributed by atoms with Gasteiger partial charge in [0.2, 0.25) is 0 Å². The van der Waals surface area contributed by atoms with Gasteiger partial charge in [0.05, 0.1) is 22.2 Å². The Morgan fingerprint density at radius 1 is 0.360 bits per heavy atom. The molecule has 0 saturated heterocycles. The van der Waals surface area contributed by atoms with Gasteiger partial charge in [0, 0.05) is 41.9 Å². The molecule has 5 heteroatoms. The Kier molecular flexibility index (Phi) is 13.6. The quantitative estimate of drug-likeness (QED) is 0.443. The summed E-state index contributed by atoms with van der Waals surface area (Å²) >= 11 is 0. The first-order valence-electron chi connectivity index (χ1n) is 8.59. The molecule has 0 N–H and O–H groups in total. The van der Waals surface area contributed by atoms with Crippen molar-refractivity contribution in [3.8, 4) is 0 Å². The Bertz CT molecular complexity index is 360. The molecule has 0 bridgehead atoms. The molecule has 0 heterocycles. The smallest absolute Gasteiger partial charge is 0.0524 e. The second-order valence-electron chi connectivity index (χ2n) is 9.80. The van der Waals surface area contributed by atoms with E-state index in [2.05, 4.69) is 103 Å². The van der Waals surface area contributed by atoms with Crippen LogP contribution in [0.4, 0.5) is 0 Å². The van der Waals surface area contributed by atoms with Gasteiger partial charge in [0.25, 0.3) is 0 Å². The van der Waals surface area contributed by atoms with E-state index in [1.165, 1.54) is 0 Å². The van der Waals surface area contributed by atoms with E-state index < -0.39 is 0 Å². The summed E-state index contributed by atoms with van der Waals surface area (Å²) in [6.07, 6.45) is 7.08. The van der Waals surface area contributed by atoms with Crippen molar-refractivity contribution in [3.63, 3.8) is 0 Å². The van der Waals surface area contributed by atoms with Crippen LogP contribution in [0, 0.1) is 0 Å². The first kappa shape index (κ1) is 29.0. The maximum atomic E-state index is 4.29. The fourth-order valence-electron chi connectivity index (χ4n) is 1.03. The Morgan fingerprint density at radius 3 is 0.560 bits per heavy atom. The molecule has 0 aromatic heterocycles. The van der Waals surface area contributed by atoms with E-state index in [1.807, 2.05) is 0 Å². The van der Waals surface area contributed by atoms with Crippen molar-refractivity contribution < 1.29 is 17.1 Å². The van der Waals surface area contributed by atoms with Crippen LogP contribution in [-0.4, -0.2) is 47.0 Å². The van der Waals surface area contributed by atoms with Gasteiger partial charge in [-0.3, -0.25) is 20.0 Å². The van der Waals surface area contributed by atoms with Crippen molar-refractivity contribution in [2.45, 2.75) is 105 Å². The zero-order chi connectivity index (χ0) is 19.7. The number of hydrogen-bond donors (Lipinski definition) is 0. The van der Waals surface area contributed by atoms with Crippen molar-refractivity contribution in [2.24, 2.45) is 20.0 Å². The fourth-order valence-corrected chi connectivity index (χ4v) is 1.03. The molecule has 0 rings (SSSR count). The Morgan fingerprint density at radius 2 is 0.480 bits per heavy atom. The topological polar surface area (TPSA) is 49.4 Å². The van der Waals surface area contributed by atoms with Crippen molar-refractivity contribution in [2.75, 3.05) is 0 Å². The molecule has 0 aliphatic carbocycles. The van der Waals surface area contributed by atoms with E-state index in [9.17, 15) is 0 Å². The minimum absolute atomic E-state index is 0. The SMILES string of the molecule is CC(C)(C)N=CC=NC(C)(C)C.CC(C)(C)N=CC=NC(C)(C)C.[Fe]. The van der Waals surface area contributed by atoms with Crippen LogP contribution in [0.2, 0.25) is 0 Å². The van der Waals surface area contributed by atoms with E-state index in [0.717, 1.165) is 0 Å². The third kappa shape index (κ3) is 35.2. The van der Waals surface area contributed by atoms with Crippen LogP contribution >= 0.6 is 0 Å². The van der Waals surface area contributed by atoms with Gasteiger partial charge in [-0.05, 0) is 83.1 Å². The molecule has 0 amide bonds. The molecular formula is C20H40FeN4. The molecule has 0 saturated carbocycles. The van der Waals surface area contributed by atoms with Gasteiger partial charge in [0.15, 0.2) is 0 Å². The minimum Gasteiger partial charge on any atom is -0.286 e. The van der Waals surface area contributed by atoms with Gasteiger partial charge in [-0.2, -0.15) is 0 Å². The van der Waals surface area contributed by atoms with Gasteiger partial charge in [-0.25, -0.2) is 0 Å². The van der Waals surface area contributed by atoms with Crippen LogP contribution in [0.3, 0.4) is 0 Å². The zero-order valence-electron chi connectivity index (χ0n) is 18.5. The molecule has 0 fully saturated rings. The van der Waals surface area contributed by atoms with Gasteiger partial charge in [-0.1, -0.05) is 0 Å². The molecule has 0 spiro atoms. The van der Waals surface area contributed by atoms with Gasteiger partial charge in [0.1, 0.15) is 0 Å². The standard InChI is InChI=1S/2C10H20N2.Fe/c2*1-9(2,3)11-7-8-12-10(4,5)6;/h2*7-8H,1-6H3;. The fraction of sp³-hybridized carbons (Fsp3) is 0.800. The summed E-state index contributed by atoms with van der Waals surface area (Å²) in [6, 6.07) is 0. The van der Waals surface area contributed by atoms with E-state index in [0.29, 0.717) is 0 Å². The molecule has 25 heavy (non-hydrogen) atoms. The predicted octanol–water partition coefficient (Wildman–Crippen LogP) is 5.45. The number of hydrogen-bond acceptors (Lipinski definition) is 4. The van der Waals surface area contributed by atoms with Crippen LogP contribution in [0.25, 0.3) is 0 Å². The van der Waals surface area contributed by atoms with Gasteiger partial charge < -0.3 is 0 Å². The van der Waals surface area contributed by atoms with Crippen molar-refractivity contribution >= 4 is 24.9 Å². The predicted molar refractivity (Wildman–Crippen MR) is 113 cm³/mol. The molecule has 0 aromatic carbocycles. The van der Waals surface area contributed by atoms with E-state index in [4.69, 9.17) is 0 Å². The zero-order valence-corrected chi connectivity index (χ0v) is 19.6. The van der Waals surface area contributed by atoms with Crippen LogP contribution in [-0.2, 0) is 17.1 Å². The molecular weight excluding hydrogens is 352 g/mol. The van der Waals surface area contributed by atoms with E-state index in [1.54, 1.807) is 24.9 Å². The third-order valence-electron chi connectivity index (χ3n) is 1.98. The second kappa shape index (κ2) is 11.7. The molecule has 0 aliphatic heterocycles. The largest absolute Gasteiger partial charge is 0.286 e. The first-order chi connectivity index (χ1) is 10.4. The third-order valence-corrected chi connectivity index (χ3v) is 1.98. The molecule has 148 valence electrons. The van der Waals surface area contributed by atoms with Crippen LogP contribution in [0.15, 0.2) is 20.0 Å². The summed E-state index contributed by atoms with van der Waals surface area (Å²) in [5, 5.41) is 0. The van der Waals surface area contributed by atoms with E-state index in [-0.39, 0.29) is 39.2 Å². The summed E-state index contributed by atoms with van der Waals surface area (Å²) < 4.78 is 0. The molecule has 0 radical (unpaired) electrons. The summed E-state index contributed by atoms with van der Waals surface area (Å²) in [7, 11) is 0. The summed E-state index contributed by atoms with van der Waals surface area (Å²) in [6.45, 7) is 24.8. The molecule has 0 atom stereocenters. The Hall–Kier alpha value is -0.801. The number of rotatable bonds is 2.